The average Bonchev–Trinajstić information content (AvgIpc) is 2.48. The molecule has 1 amide bonds. The first-order chi connectivity index (χ1) is 9.60. The van der Waals surface area contributed by atoms with E-state index in [4.69, 9.17) is 15.2 Å². The smallest absolute Gasteiger partial charge is 0.255 e. The number of benzene rings is 1. The van der Waals surface area contributed by atoms with Crippen LogP contribution in [-0.2, 0) is 4.74 Å². The molecule has 0 bridgehead atoms. The lowest BCUT2D eigenvalue weighted by molar-refractivity contribution is 0.0388. The van der Waals surface area contributed by atoms with Crippen molar-refractivity contribution < 1.29 is 14.3 Å². The molecule has 0 atom stereocenters. The molecule has 3 N–H and O–H groups in total. The maximum absolute atomic E-state index is 12.5. The number of amides is 1. The highest BCUT2D eigenvalue weighted by Gasteiger charge is 2.33. The SMILES string of the molecule is COc1ccc(C)cc1C(=O)NC1(CN)CCOCC1. The van der Waals surface area contributed by atoms with Crippen LogP contribution in [0.25, 0.3) is 0 Å². The van der Waals surface area contributed by atoms with Crippen LogP contribution in [0.2, 0.25) is 0 Å². The summed E-state index contributed by atoms with van der Waals surface area (Å²) < 4.78 is 10.6. The second-order valence-electron chi connectivity index (χ2n) is 5.25. The van der Waals surface area contributed by atoms with Crippen LogP contribution >= 0.6 is 0 Å². The van der Waals surface area contributed by atoms with Gasteiger partial charge in [0.2, 0.25) is 0 Å². The summed E-state index contributed by atoms with van der Waals surface area (Å²) in [4.78, 5) is 12.5. The van der Waals surface area contributed by atoms with Gasteiger partial charge < -0.3 is 20.5 Å². The van der Waals surface area contributed by atoms with Gasteiger partial charge in [0.1, 0.15) is 5.75 Å². The van der Waals surface area contributed by atoms with Crippen LogP contribution < -0.4 is 15.8 Å². The summed E-state index contributed by atoms with van der Waals surface area (Å²) >= 11 is 0. The van der Waals surface area contributed by atoms with Crippen molar-refractivity contribution in [1.82, 2.24) is 5.32 Å². The lowest BCUT2D eigenvalue weighted by Gasteiger charge is -2.37. The van der Waals surface area contributed by atoms with Crippen molar-refractivity contribution in [1.29, 1.82) is 0 Å². The van der Waals surface area contributed by atoms with Crippen LogP contribution in [0.5, 0.6) is 5.75 Å². The summed E-state index contributed by atoms with van der Waals surface area (Å²) in [7, 11) is 1.56. The fourth-order valence-electron chi connectivity index (χ4n) is 2.45. The highest BCUT2D eigenvalue weighted by Crippen LogP contribution is 2.23. The molecule has 1 aromatic carbocycles. The van der Waals surface area contributed by atoms with E-state index in [0.717, 1.165) is 18.4 Å². The van der Waals surface area contributed by atoms with Crippen molar-refractivity contribution in [3.05, 3.63) is 29.3 Å². The number of aryl methyl sites for hydroxylation is 1. The normalized spacial score (nSPS) is 17.6. The van der Waals surface area contributed by atoms with Crippen LogP contribution in [0.1, 0.15) is 28.8 Å². The van der Waals surface area contributed by atoms with Crippen molar-refractivity contribution in [3.8, 4) is 5.75 Å². The van der Waals surface area contributed by atoms with Gasteiger partial charge in [-0.2, -0.15) is 0 Å². The molecule has 0 spiro atoms. The summed E-state index contributed by atoms with van der Waals surface area (Å²) in [6.07, 6.45) is 1.48. The van der Waals surface area contributed by atoms with Gasteiger partial charge in [-0.15, -0.1) is 0 Å². The molecule has 1 aliphatic rings. The van der Waals surface area contributed by atoms with Gasteiger partial charge in [0.05, 0.1) is 18.2 Å². The van der Waals surface area contributed by atoms with Gasteiger partial charge in [-0.25, -0.2) is 0 Å². The fourth-order valence-corrected chi connectivity index (χ4v) is 2.45. The Hall–Kier alpha value is -1.59. The molecule has 1 saturated heterocycles. The van der Waals surface area contributed by atoms with Crippen molar-refractivity contribution >= 4 is 5.91 Å². The first-order valence-corrected chi connectivity index (χ1v) is 6.85. The van der Waals surface area contributed by atoms with Crippen LogP contribution in [0.15, 0.2) is 18.2 Å². The van der Waals surface area contributed by atoms with E-state index in [1.54, 1.807) is 7.11 Å². The van der Waals surface area contributed by atoms with Gasteiger partial charge in [0.15, 0.2) is 0 Å². The van der Waals surface area contributed by atoms with Crippen LogP contribution in [0, 0.1) is 6.92 Å². The van der Waals surface area contributed by atoms with Crippen LogP contribution in [0.3, 0.4) is 0 Å². The number of carbonyl (C=O) groups is 1. The first kappa shape index (κ1) is 14.8. The van der Waals surface area contributed by atoms with Crippen LogP contribution in [-0.4, -0.2) is 38.3 Å². The molecule has 110 valence electrons. The molecule has 5 heteroatoms. The third kappa shape index (κ3) is 3.11. The summed E-state index contributed by atoms with van der Waals surface area (Å²) in [5, 5.41) is 3.08. The number of ether oxygens (including phenoxy) is 2. The summed E-state index contributed by atoms with van der Waals surface area (Å²) in [5.74, 6) is 0.435. The van der Waals surface area contributed by atoms with E-state index in [1.165, 1.54) is 0 Å². The molecule has 0 radical (unpaired) electrons. The maximum atomic E-state index is 12.5. The fraction of sp³-hybridized carbons (Fsp3) is 0.533. The van der Waals surface area contributed by atoms with Gasteiger partial charge >= 0.3 is 0 Å². The molecule has 1 heterocycles. The van der Waals surface area contributed by atoms with E-state index < -0.39 is 0 Å². The molecule has 1 aliphatic heterocycles. The second kappa shape index (κ2) is 6.24. The van der Waals surface area contributed by atoms with Crippen molar-refractivity contribution in [2.24, 2.45) is 5.73 Å². The number of nitrogens with two attached hydrogens (primary N) is 1. The maximum Gasteiger partial charge on any atom is 0.255 e. The zero-order valence-electron chi connectivity index (χ0n) is 12.1. The predicted octanol–water partition coefficient (Wildman–Crippen LogP) is 1.24. The molecule has 0 aliphatic carbocycles. The monoisotopic (exact) mass is 278 g/mol. The third-order valence-corrected chi connectivity index (χ3v) is 3.82. The van der Waals surface area contributed by atoms with Gasteiger partial charge in [-0.3, -0.25) is 4.79 Å². The minimum atomic E-state index is -0.371. The largest absolute Gasteiger partial charge is 0.496 e. The van der Waals surface area contributed by atoms with E-state index >= 15 is 0 Å². The summed E-state index contributed by atoms with van der Waals surface area (Å²) in [6.45, 7) is 3.62. The van der Waals surface area contributed by atoms with E-state index in [0.29, 0.717) is 31.1 Å². The average molecular weight is 278 g/mol. The van der Waals surface area contributed by atoms with E-state index in [-0.39, 0.29) is 11.4 Å². The van der Waals surface area contributed by atoms with Crippen molar-refractivity contribution in [2.45, 2.75) is 25.3 Å². The van der Waals surface area contributed by atoms with E-state index in [1.807, 2.05) is 25.1 Å². The molecule has 2 rings (SSSR count). The van der Waals surface area contributed by atoms with E-state index in [9.17, 15) is 4.79 Å². The zero-order valence-corrected chi connectivity index (χ0v) is 12.1. The molecular formula is C15H22N2O3. The quantitative estimate of drug-likeness (QED) is 0.869. The summed E-state index contributed by atoms with van der Waals surface area (Å²) in [6, 6.07) is 5.56. The van der Waals surface area contributed by atoms with E-state index in [2.05, 4.69) is 5.32 Å². The Labute approximate surface area is 119 Å². The lowest BCUT2D eigenvalue weighted by Crippen LogP contribution is -2.56. The highest BCUT2D eigenvalue weighted by molar-refractivity contribution is 5.97. The van der Waals surface area contributed by atoms with Gasteiger partial charge in [0, 0.05) is 19.8 Å². The van der Waals surface area contributed by atoms with Gasteiger partial charge in [-0.05, 0) is 31.9 Å². The molecule has 0 saturated carbocycles. The second-order valence-corrected chi connectivity index (χ2v) is 5.25. The Morgan fingerprint density at radius 2 is 2.15 bits per heavy atom. The molecule has 20 heavy (non-hydrogen) atoms. The Bertz CT molecular complexity index is 482. The molecule has 1 fully saturated rings. The van der Waals surface area contributed by atoms with Gasteiger partial charge in [0.25, 0.3) is 5.91 Å². The topological polar surface area (TPSA) is 73.6 Å². The Balaban J connectivity index is 2.20. The molecule has 5 nitrogen and oxygen atoms in total. The highest BCUT2D eigenvalue weighted by atomic mass is 16.5. The number of carbonyl (C=O) groups excluding carboxylic acids is 1. The number of rotatable bonds is 4. The lowest BCUT2D eigenvalue weighted by atomic mass is 9.89. The number of hydrogen-bond acceptors (Lipinski definition) is 4. The summed E-state index contributed by atoms with van der Waals surface area (Å²) in [5.41, 5.74) is 7.06. The number of hydrogen-bond donors (Lipinski definition) is 2. The van der Waals surface area contributed by atoms with Crippen molar-refractivity contribution in [3.63, 3.8) is 0 Å². The number of nitrogens with one attached hydrogen (secondary N) is 1. The minimum Gasteiger partial charge on any atom is -0.496 e. The molecular weight excluding hydrogens is 256 g/mol. The number of methoxy groups -OCH3 is 1. The minimum absolute atomic E-state index is 0.141. The Morgan fingerprint density at radius 1 is 1.45 bits per heavy atom. The predicted molar refractivity (Wildman–Crippen MR) is 77.0 cm³/mol. The standard InChI is InChI=1S/C15H22N2O3/c1-11-3-4-13(19-2)12(9-11)14(18)17-15(10-16)5-7-20-8-6-15/h3-4,9H,5-8,10,16H2,1-2H3,(H,17,18). The Kier molecular flexibility index (Phi) is 4.62. The van der Waals surface area contributed by atoms with Crippen molar-refractivity contribution in [2.75, 3.05) is 26.9 Å². The van der Waals surface area contributed by atoms with Crippen LogP contribution in [0.4, 0.5) is 0 Å². The molecule has 1 aromatic rings. The molecule has 0 unspecified atom stereocenters. The Morgan fingerprint density at radius 3 is 2.75 bits per heavy atom. The molecule has 0 aromatic heterocycles. The third-order valence-electron chi connectivity index (χ3n) is 3.82. The zero-order chi connectivity index (χ0) is 14.6. The first-order valence-electron chi connectivity index (χ1n) is 6.85. The van der Waals surface area contributed by atoms with Gasteiger partial charge in [-0.1, -0.05) is 11.6 Å².